The number of hydrogen-bond donors (Lipinski definition) is 1. The van der Waals surface area contributed by atoms with Gasteiger partial charge in [-0.25, -0.2) is 16.8 Å². The fourth-order valence-electron chi connectivity index (χ4n) is 4.06. The average molecular weight is 562 g/mol. The van der Waals surface area contributed by atoms with Crippen LogP contribution >= 0.6 is 11.6 Å². The lowest BCUT2D eigenvalue weighted by Gasteiger charge is -2.34. The fourth-order valence-corrected chi connectivity index (χ4v) is 7.13. The molecular formula is C26H28ClN3O5S2. The van der Waals surface area contributed by atoms with E-state index >= 15 is 0 Å². The zero-order valence-electron chi connectivity index (χ0n) is 20.7. The van der Waals surface area contributed by atoms with Crippen LogP contribution in [0.2, 0.25) is 5.02 Å². The van der Waals surface area contributed by atoms with Crippen molar-refractivity contribution in [3.63, 3.8) is 0 Å². The van der Waals surface area contributed by atoms with Crippen molar-refractivity contribution in [3.8, 4) is 0 Å². The summed E-state index contributed by atoms with van der Waals surface area (Å²) in [6, 6.07) is 16.2. The van der Waals surface area contributed by atoms with E-state index in [0.29, 0.717) is 5.69 Å². The monoisotopic (exact) mass is 561 g/mol. The summed E-state index contributed by atoms with van der Waals surface area (Å²) in [6.45, 7) is 6.15. The largest absolute Gasteiger partial charge is 0.336 e. The molecule has 1 fully saturated rings. The Hall–Kier alpha value is -2.92. The number of halogens is 1. The van der Waals surface area contributed by atoms with Crippen LogP contribution in [0.25, 0.3) is 0 Å². The molecule has 4 rings (SSSR count). The number of rotatable bonds is 6. The topological polar surface area (TPSA) is 104 Å². The molecule has 8 nitrogen and oxygen atoms in total. The summed E-state index contributed by atoms with van der Waals surface area (Å²) in [4.78, 5) is 14.7. The predicted octanol–water partition coefficient (Wildman–Crippen LogP) is 4.21. The number of benzene rings is 3. The minimum atomic E-state index is -4.07. The highest BCUT2D eigenvalue weighted by atomic mass is 35.5. The van der Waals surface area contributed by atoms with Gasteiger partial charge < -0.3 is 4.90 Å². The molecule has 3 aromatic rings. The molecule has 3 aromatic carbocycles. The van der Waals surface area contributed by atoms with Gasteiger partial charge in [-0.15, -0.1) is 0 Å². The maximum atomic E-state index is 13.2. The van der Waals surface area contributed by atoms with Gasteiger partial charge in [-0.1, -0.05) is 41.4 Å². The molecule has 1 saturated heterocycles. The van der Waals surface area contributed by atoms with Gasteiger partial charge in [-0.05, 0) is 68.3 Å². The van der Waals surface area contributed by atoms with Crippen LogP contribution in [0.4, 0.5) is 5.69 Å². The van der Waals surface area contributed by atoms with Gasteiger partial charge in [0.1, 0.15) is 4.90 Å². The Balaban J connectivity index is 1.50. The van der Waals surface area contributed by atoms with Crippen LogP contribution in [-0.2, 0) is 20.0 Å². The maximum absolute atomic E-state index is 13.2. The molecule has 1 aliphatic rings. The molecule has 0 spiro atoms. The summed E-state index contributed by atoms with van der Waals surface area (Å²) in [5, 5.41) is -0.0108. The second kappa shape index (κ2) is 10.4. The molecule has 1 amide bonds. The molecule has 0 bridgehead atoms. The van der Waals surface area contributed by atoms with E-state index in [0.717, 1.165) is 16.7 Å². The number of nitrogens with zero attached hydrogens (tertiary/aromatic N) is 2. The molecular weight excluding hydrogens is 534 g/mol. The number of piperazine rings is 1. The van der Waals surface area contributed by atoms with E-state index in [9.17, 15) is 21.6 Å². The third-order valence-corrected chi connectivity index (χ3v) is 10.0. The Kier molecular flexibility index (Phi) is 7.66. The molecule has 1 aliphatic heterocycles. The lowest BCUT2D eigenvalue weighted by Crippen LogP contribution is -2.50. The summed E-state index contributed by atoms with van der Waals surface area (Å²) in [5.41, 5.74) is 3.18. The summed E-state index contributed by atoms with van der Waals surface area (Å²) in [5.74, 6) is -0.396. The predicted molar refractivity (Wildman–Crippen MR) is 144 cm³/mol. The third-order valence-electron chi connectivity index (χ3n) is 6.29. The first-order chi connectivity index (χ1) is 17.4. The van der Waals surface area contributed by atoms with Crippen LogP contribution in [0.5, 0.6) is 0 Å². The van der Waals surface area contributed by atoms with Crippen molar-refractivity contribution in [2.45, 2.75) is 30.6 Å². The third kappa shape index (κ3) is 5.82. The van der Waals surface area contributed by atoms with Gasteiger partial charge in [0.05, 0.1) is 15.6 Å². The fraction of sp³-hybridized carbons (Fsp3) is 0.269. The van der Waals surface area contributed by atoms with E-state index in [1.165, 1.54) is 27.4 Å². The van der Waals surface area contributed by atoms with Gasteiger partial charge in [0, 0.05) is 31.7 Å². The number of anilines is 1. The van der Waals surface area contributed by atoms with E-state index in [1.807, 2.05) is 26.0 Å². The minimum Gasteiger partial charge on any atom is -0.336 e. The van der Waals surface area contributed by atoms with Crippen LogP contribution in [0.15, 0.2) is 70.5 Å². The molecule has 1 heterocycles. The molecule has 0 aromatic heterocycles. The second-order valence-electron chi connectivity index (χ2n) is 9.08. The SMILES string of the molecule is Cc1ccc(S(=O)(=O)N2CCN(C(=O)c3ccc(Cl)c(S(=O)(=O)Nc4cc(C)ccc4C)c3)CC2)cc1. The van der Waals surface area contributed by atoms with Crippen molar-refractivity contribution in [3.05, 3.63) is 87.9 Å². The van der Waals surface area contributed by atoms with Gasteiger partial charge in [-0.3, -0.25) is 9.52 Å². The van der Waals surface area contributed by atoms with Crippen LogP contribution in [0, 0.1) is 20.8 Å². The highest BCUT2D eigenvalue weighted by Crippen LogP contribution is 2.28. The van der Waals surface area contributed by atoms with Crippen molar-refractivity contribution >= 4 is 43.2 Å². The molecule has 0 saturated carbocycles. The molecule has 0 radical (unpaired) electrons. The number of sulfonamides is 2. The normalized spacial score (nSPS) is 15.0. The molecule has 0 unspecified atom stereocenters. The Bertz CT molecular complexity index is 1550. The summed E-state index contributed by atoms with van der Waals surface area (Å²) >= 11 is 6.23. The standard InChI is InChI=1S/C26H28ClN3O5S2/c1-18-5-9-22(10-6-18)37(34,35)30-14-12-29(13-15-30)26(31)21-8-11-23(27)25(17-21)36(32,33)28-24-16-19(2)4-7-20(24)3/h4-11,16-17,28H,12-15H2,1-3H3. The van der Waals surface area contributed by atoms with E-state index in [2.05, 4.69) is 4.72 Å². The summed E-state index contributed by atoms with van der Waals surface area (Å²) in [7, 11) is -7.74. The Morgan fingerprint density at radius 3 is 2.08 bits per heavy atom. The number of aryl methyl sites for hydroxylation is 3. The molecule has 37 heavy (non-hydrogen) atoms. The zero-order valence-corrected chi connectivity index (χ0v) is 23.1. The first-order valence-corrected chi connectivity index (χ1v) is 14.9. The number of hydrogen-bond acceptors (Lipinski definition) is 5. The lowest BCUT2D eigenvalue weighted by atomic mass is 10.1. The number of carbonyl (C=O) groups is 1. The summed E-state index contributed by atoms with van der Waals surface area (Å²) < 4.78 is 56.2. The lowest BCUT2D eigenvalue weighted by molar-refractivity contribution is 0.0697. The smallest absolute Gasteiger partial charge is 0.263 e. The Labute approximate surface area is 223 Å². The van der Waals surface area contributed by atoms with E-state index in [4.69, 9.17) is 11.6 Å². The van der Waals surface area contributed by atoms with Gasteiger partial charge in [0.15, 0.2) is 0 Å². The molecule has 11 heteroatoms. The van der Waals surface area contributed by atoms with Gasteiger partial charge in [-0.2, -0.15) is 4.31 Å². The van der Waals surface area contributed by atoms with Crippen LogP contribution in [0.1, 0.15) is 27.0 Å². The van der Waals surface area contributed by atoms with Crippen molar-refractivity contribution in [2.24, 2.45) is 0 Å². The van der Waals surface area contributed by atoms with Crippen molar-refractivity contribution in [1.82, 2.24) is 9.21 Å². The number of amides is 1. The number of carbonyl (C=O) groups excluding carboxylic acids is 1. The van der Waals surface area contributed by atoms with Gasteiger partial charge in [0.2, 0.25) is 10.0 Å². The quantitative estimate of drug-likeness (QED) is 0.485. The van der Waals surface area contributed by atoms with Gasteiger partial charge in [0.25, 0.3) is 15.9 Å². The zero-order chi connectivity index (χ0) is 27.0. The van der Waals surface area contributed by atoms with Gasteiger partial charge >= 0.3 is 0 Å². The van der Waals surface area contributed by atoms with Crippen molar-refractivity contribution < 1.29 is 21.6 Å². The average Bonchev–Trinajstić information content (AvgIpc) is 2.86. The van der Waals surface area contributed by atoms with Crippen LogP contribution < -0.4 is 4.72 Å². The van der Waals surface area contributed by atoms with Crippen molar-refractivity contribution in [1.29, 1.82) is 0 Å². The highest BCUT2D eigenvalue weighted by molar-refractivity contribution is 7.92. The molecule has 196 valence electrons. The Morgan fingerprint density at radius 1 is 0.811 bits per heavy atom. The maximum Gasteiger partial charge on any atom is 0.263 e. The Morgan fingerprint density at radius 2 is 1.43 bits per heavy atom. The summed E-state index contributed by atoms with van der Waals surface area (Å²) in [6.07, 6.45) is 0. The molecule has 1 N–H and O–H groups in total. The van der Waals surface area contributed by atoms with Crippen LogP contribution in [-0.4, -0.2) is 58.1 Å². The van der Waals surface area contributed by atoms with E-state index in [1.54, 1.807) is 37.3 Å². The second-order valence-corrected chi connectivity index (χ2v) is 13.1. The van der Waals surface area contributed by atoms with E-state index < -0.39 is 26.0 Å². The minimum absolute atomic E-state index is 0.0108. The van der Waals surface area contributed by atoms with Crippen LogP contribution in [0.3, 0.4) is 0 Å². The first-order valence-electron chi connectivity index (χ1n) is 11.6. The molecule has 0 atom stereocenters. The first kappa shape index (κ1) is 27.1. The molecule has 0 aliphatic carbocycles. The van der Waals surface area contributed by atoms with E-state index in [-0.39, 0.29) is 46.6 Å². The highest BCUT2D eigenvalue weighted by Gasteiger charge is 2.31. The number of nitrogens with one attached hydrogen (secondary N) is 1. The van der Waals surface area contributed by atoms with Crippen molar-refractivity contribution in [2.75, 3.05) is 30.9 Å².